The van der Waals surface area contributed by atoms with Gasteiger partial charge >= 0.3 is 0 Å². The standard InChI is InChI=1S/C13H9BrClN3/c14-11-4-3-10(15)6-12(11)18-8-9-2-1-5-17-13(9)7-16/h1-6,18H,8H2. The van der Waals surface area contributed by atoms with Crippen LogP contribution < -0.4 is 5.32 Å². The average molecular weight is 323 g/mol. The van der Waals surface area contributed by atoms with Crippen molar-refractivity contribution in [3.63, 3.8) is 0 Å². The summed E-state index contributed by atoms with van der Waals surface area (Å²) in [6.07, 6.45) is 1.61. The van der Waals surface area contributed by atoms with Crippen LogP contribution in [-0.2, 0) is 6.54 Å². The van der Waals surface area contributed by atoms with E-state index in [9.17, 15) is 0 Å². The zero-order valence-electron chi connectivity index (χ0n) is 9.32. The molecule has 0 spiro atoms. The van der Waals surface area contributed by atoms with Crippen LogP contribution in [0.4, 0.5) is 5.69 Å². The maximum atomic E-state index is 8.94. The number of aromatic nitrogens is 1. The van der Waals surface area contributed by atoms with E-state index in [0.717, 1.165) is 15.7 Å². The molecule has 5 heteroatoms. The number of benzene rings is 1. The van der Waals surface area contributed by atoms with Gasteiger partial charge in [0.25, 0.3) is 0 Å². The number of pyridine rings is 1. The minimum absolute atomic E-state index is 0.433. The van der Waals surface area contributed by atoms with Gasteiger partial charge in [0, 0.05) is 27.8 Å². The summed E-state index contributed by atoms with van der Waals surface area (Å²) in [5, 5.41) is 12.8. The van der Waals surface area contributed by atoms with Crippen molar-refractivity contribution >= 4 is 33.2 Å². The third kappa shape index (κ3) is 3.00. The van der Waals surface area contributed by atoms with E-state index in [1.54, 1.807) is 6.20 Å². The third-order valence-corrected chi connectivity index (χ3v) is 3.32. The van der Waals surface area contributed by atoms with E-state index in [-0.39, 0.29) is 0 Å². The molecule has 0 aliphatic heterocycles. The van der Waals surface area contributed by atoms with E-state index in [1.165, 1.54) is 0 Å². The Morgan fingerprint density at radius 3 is 3.00 bits per heavy atom. The summed E-state index contributed by atoms with van der Waals surface area (Å²) in [7, 11) is 0. The maximum absolute atomic E-state index is 8.94. The zero-order valence-corrected chi connectivity index (χ0v) is 11.7. The number of nitrogens with zero attached hydrogens (tertiary/aromatic N) is 2. The summed E-state index contributed by atoms with van der Waals surface area (Å²) in [6.45, 7) is 0.523. The van der Waals surface area contributed by atoms with Crippen LogP contribution in [0.5, 0.6) is 0 Å². The predicted molar refractivity (Wildman–Crippen MR) is 75.4 cm³/mol. The topological polar surface area (TPSA) is 48.7 Å². The van der Waals surface area contributed by atoms with E-state index in [1.807, 2.05) is 30.3 Å². The van der Waals surface area contributed by atoms with Crippen molar-refractivity contribution in [2.24, 2.45) is 0 Å². The Bertz CT molecular complexity index is 607. The first kappa shape index (κ1) is 12.9. The first-order chi connectivity index (χ1) is 8.70. The molecular formula is C13H9BrClN3. The van der Waals surface area contributed by atoms with Gasteiger partial charge in [0.05, 0.1) is 5.69 Å². The molecule has 1 aromatic carbocycles. The smallest absolute Gasteiger partial charge is 0.145 e. The SMILES string of the molecule is N#Cc1ncccc1CNc1cc(Cl)ccc1Br. The molecule has 0 aliphatic carbocycles. The number of rotatable bonds is 3. The highest BCUT2D eigenvalue weighted by molar-refractivity contribution is 9.10. The van der Waals surface area contributed by atoms with Crippen LogP contribution in [0.3, 0.4) is 0 Å². The normalized spacial score (nSPS) is 9.83. The molecule has 0 saturated heterocycles. The number of anilines is 1. The molecule has 90 valence electrons. The van der Waals surface area contributed by atoms with E-state index in [4.69, 9.17) is 16.9 Å². The highest BCUT2D eigenvalue weighted by Gasteiger charge is 2.04. The molecule has 2 rings (SSSR count). The van der Waals surface area contributed by atoms with Gasteiger partial charge in [-0.05, 0) is 40.2 Å². The summed E-state index contributed by atoms with van der Waals surface area (Å²) < 4.78 is 0.925. The van der Waals surface area contributed by atoms with E-state index < -0.39 is 0 Å². The Hall–Kier alpha value is -1.57. The number of nitriles is 1. The minimum atomic E-state index is 0.433. The molecule has 18 heavy (non-hydrogen) atoms. The monoisotopic (exact) mass is 321 g/mol. The number of halogens is 2. The third-order valence-electron chi connectivity index (χ3n) is 2.39. The van der Waals surface area contributed by atoms with Crippen LogP contribution in [0, 0.1) is 11.3 Å². The van der Waals surface area contributed by atoms with Crippen molar-refractivity contribution in [3.05, 3.63) is 57.3 Å². The molecule has 0 amide bonds. The van der Waals surface area contributed by atoms with Crippen LogP contribution in [0.1, 0.15) is 11.3 Å². The summed E-state index contributed by atoms with van der Waals surface area (Å²) in [6, 6.07) is 11.3. The second-order valence-corrected chi connectivity index (χ2v) is 4.89. The fraction of sp³-hybridized carbons (Fsp3) is 0.0769. The fourth-order valence-corrected chi connectivity index (χ4v) is 2.06. The molecule has 2 aromatic rings. The average Bonchev–Trinajstić information content (AvgIpc) is 2.40. The van der Waals surface area contributed by atoms with Crippen molar-refractivity contribution in [2.75, 3.05) is 5.32 Å². The van der Waals surface area contributed by atoms with Gasteiger partial charge in [-0.25, -0.2) is 4.98 Å². The van der Waals surface area contributed by atoms with Crippen LogP contribution in [0.2, 0.25) is 5.02 Å². The van der Waals surface area contributed by atoms with Gasteiger partial charge in [0.2, 0.25) is 0 Å². The molecule has 0 bridgehead atoms. The van der Waals surface area contributed by atoms with Crippen LogP contribution in [0.25, 0.3) is 0 Å². The highest BCUT2D eigenvalue weighted by Crippen LogP contribution is 2.26. The van der Waals surface area contributed by atoms with Gasteiger partial charge in [-0.3, -0.25) is 0 Å². The highest BCUT2D eigenvalue weighted by atomic mass is 79.9. The van der Waals surface area contributed by atoms with Gasteiger partial charge in [0.15, 0.2) is 0 Å². The lowest BCUT2D eigenvalue weighted by Gasteiger charge is -2.09. The van der Waals surface area contributed by atoms with E-state index >= 15 is 0 Å². The Morgan fingerprint density at radius 1 is 1.39 bits per heavy atom. The number of hydrogen-bond acceptors (Lipinski definition) is 3. The van der Waals surface area contributed by atoms with E-state index in [2.05, 4.69) is 32.3 Å². The quantitative estimate of drug-likeness (QED) is 0.930. The first-order valence-electron chi connectivity index (χ1n) is 5.23. The Kier molecular flexibility index (Phi) is 4.19. The Morgan fingerprint density at radius 2 is 2.22 bits per heavy atom. The predicted octanol–water partition coefficient (Wildman–Crippen LogP) is 3.98. The molecule has 3 nitrogen and oxygen atoms in total. The summed E-state index contributed by atoms with van der Waals surface area (Å²) in [5.41, 5.74) is 2.17. The van der Waals surface area contributed by atoms with E-state index in [0.29, 0.717) is 17.3 Å². The van der Waals surface area contributed by atoms with Crippen LogP contribution in [-0.4, -0.2) is 4.98 Å². The van der Waals surface area contributed by atoms with Gasteiger partial charge in [0.1, 0.15) is 11.8 Å². The molecule has 1 N–H and O–H groups in total. The molecule has 1 heterocycles. The lowest BCUT2D eigenvalue weighted by atomic mass is 10.2. The number of hydrogen-bond donors (Lipinski definition) is 1. The lowest BCUT2D eigenvalue weighted by Crippen LogP contribution is -2.03. The van der Waals surface area contributed by atoms with Crippen molar-refractivity contribution < 1.29 is 0 Å². The van der Waals surface area contributed by atoms with Crippen LogP contribution in [0.15, 0.2) is 41.0 Å². The largest absolute Gasteiger partial charge is 0.380 e. The van der Waals surface area contributed by atoms with Crippen molar-refractivity contribution in [1.29, 1.82) is 5.26 Å². The molecule has 0 unspecified atom stereocenters. The van der Waals surface area contributed by atoms with Crippen LogP contribution >= 0.6 is 27.5 Å². The molecular weight excluding hydrogens is 314 g/mol. The van der Waals surface area contributed by atoms with Gasteiger partial charge in [-0.1, -0.05) is 17.7 Å². The van der Waals surface area contributed by atoms with Gasteiger partial charge in [-0.15, -0.1) is 0 Å². The fourth-order valence-electron chi connectivity index (χ4n) is 1.51. The second-order valence-electron chi connectivity index (χ2n) is 3.60. The molecule has 0 saturated carbocycles. The van der Waals surface area contributed by atoms with Crippen molar-refractivity contribution in [1.82, 2.24) is 4.98 Å². The lowest BCUT2D eigenvalue weighted by molar-refractivity contribution is 1.09. The summed E-state index contributed by atoms with van der Waals surface area (Å²) in [4.78, 5) is 4.01. The minimum Gasteiger partial charge on any atom is -0.380 e. The molecule has 0 radical (unpaired) electrons. The summed E-state index contributed by atoms with van der Waals surface area (Å²) >= 11 is 9.37. The maximum Gasteiger partial charge on any atom is 0.145 e. The van der Waals surface area contributed by atoms with Gasteiger partial charge in [-0.2, -0.15) is 5.26 Å². The van der Waals surface area contributed by atoms with Gasteiger partial charge < -0.3 is 5.32 Å². The molecule has 0 atom stereocenters. The second kappa shape index (κ2) is 5.85. The Balaban J connectivity index is 2.17. The Labute approximate surface area is 119 Å². The molecule has 0 fully saturated rings. The molecule has 1 aromatic heterocycles. The van der Waals surface area contributed by atoms with Crippen molar-refractivity contribution in [2.45, 2.75) is 6.54 Å². The van der Waals surface area contributed by atoms with Crippen molar-refractivity contribution in [3.8, 4) is 6.07 Å². The summed E-state index contributed by atoms with van der Waals surface area (Å²) in [5.74, 6) is 0. The molecule has 0 aliphatic rings. The zero-order chi connectivity index (χ0) is 13.0. The number of nitrogens with one attached hydrogen (secondary N) is 1. The first-order valence-corrected chi connectivity index (χ1v) is 6.40.